The van der Waals surface area contributed by atoms with Gasteiger partial charge in [-0.3, -0.25) is 0 Å². The van der Waals surface area contributed by atoms with E-state index in [0.29, 0.717) is 0 Å². The molecule has 0 bridgehead atoms. The van der Waals surface area contributed by atoms with Gasteiger partial charge in [-0.15, -0.1) is 74.6 Å². The van der Waals surface area contributed by atoms with Crippen LogP contribution in [-0.4, -0.2) is 41.8 Å². The maximum absolute atomic E-state index is 4.93. The van der Waals surface area contributed by atoms with Gasteiger partial charge in [-0.05, 0) is 36.8 Å². The number of hydrogen-bond acceptors (Lipinski definition) is 0. The van der Waals surface area contributed by atoms with Gasteiger partial charge in [0.15, 0.2) is 0 Å². The molecule has 0 aliphatic carbocycles. The molecule has 1 heterocycles. The standard InChI is InChI=1S/2C25H35Si2.C12H7Si.2ClH.Zr/c2*1-9-18-13-20-12-11-19(10-2)25(24(20)14-18)21-15-22(26(3,4)5)17-23(16-21)27(6,7)8;1-3-7-11-9(5-1)10-6-2-4-8-12(10)13-11;;;/h2*11-17H,9-10H2,1-8H3;1-7H;2*1H;/q3*-1;;;+2/p-2. The largest absolute Gasteiger partial charge is 0.184 e. The Morgan fingerprint density at radius 1 is 0.471 bits per heavy atom. The molecule has 9 rings (SSSR count). The molecule has 0 N–H and O–H groups in total. The van der Waals surface area contributed by atoms with Crippen LogP contribution < -0.4 is 31.1 Å². The molecule has 2 radical (unpaired) electrons. The summed E-state index contributed by atoms with van der Waals surface area (Å²) in [5, 5.41) is 14.9. The minimum atomic E-state index is -1.38. The Bertz CT molecular complexity index is 2790. The Labute approximate surface area is 449 Å². The number of benzene rings is 6. The SMILES string of the molecule is CCc1cc2c(-c3cc([Si](C)(C)C)cc([Si](C)(C)C)c3)c(CC)ccc2[cH-]1.CCc1cc2c(-c3cc([Si](C)(C)C)cc([Si](C)(C)C)c3)c(CC)ccc2[cH-]1.[Cl][Zr][Cl].[c-]1cccc2c1[Si]c1ccccc1-2. The van der Waals surface area contributed by atoms with Crippen molar-refractivity contribution in [3.05, 3.63) is 156 Å². The fraction of sp³-hybridized carbons (Fsp3) is 0.323. The van der Waals surface area contributed by atoms with Gasteiger partial charge in [0, 0.05) is 0 Å². The Kier molecular flexibility index (Phi) is 19.0. The molecule has 0 amide bonds. The summed E-state index contributed by atoms with van der Waals surface area (Å²) in [7, 11) is 5.13. The molecule has 1 aliphatic rings. The van der Waals surface area contributed by atoms with E-state index in [0.717, 1.165) is 35.2 Å². The van der Waals surface area contributed by atoms with Crippen molar-refractivity contribution in [3.8, 4) is 33.4 Å². The van der Waals surface area contributed by atoms with Crippen molar-refractivity contribution >= 4 is 112 Å². The maximum Gasteiger partial charge on any atom is 0.0920 e. The van der Waals surface area contributed by atoms with Gasteiger partial charge in [-0.2, -0.15) is 41.6 Å². The van der Waals surface area contributed by atoms with E-state index in [4.69, 9.17) is 17.0 Å². The summed E-state index contributed by atoms with van der Waals surface area (Å²) in [4.78, 5) is 0. The fourth-order valence-electron chi connectivity index (χ4n) is 9.46. The van der Waals surface area contributed by atoms with Crippen LogP contribution in [-0.2, 0) is 46.5 Å². The van der Waals surface area contributed by atoms with Crippen LogP contribution in [0.2, 0.25) is 78.6 Å². The molecule has 0 fully saturated rings. The molecule has 70 heavy (non-hydrogen) atoms. The predicted molar refractivity (Wildman–Crippen MR) is 327 cm³/mol. The molecule has 0 nitrogen and oxygen atoms in total. The monoisotopic (exact) mass is 1120 g/mol. The molecule has 0 spiro atoms. The second-order valence-corrected chi connectivity index (χ2v) is 48.5. The van der Waals surface area contributed by atoms with E-state index in [1.165, 1.54) is 87.6 Å². The first kappa shape index (κ1) is 56.4. The van der Waals surface area contributed by atoms with Crippen LogP contribution in [0.1, 0.15) is 49.9 Å². The molecule has 0 atom stereocenters. The topological polar surface area (TPSA) is 0 Å². The van der Waals surface area contributed by atoms with E-state index in [1.54, 1.807) is 20.7 Å². The summed E-state index contributed by atoms with van der Waals surface area (Å²) in [5.74, 6) is 0. The molecule has 366 valence electrons. The summed E-state index contributed by atoms with van der Waals surface area (Å²) < 4.78 is 0. The molecule has 8 heteroatoms. The van der Waals surface area contributed by atoms with Crippen molar-refractivity contribution in [1.82, 2.24) is 0 Å². The van der Waals surface area contributed by atoms with Crippen molar-refractivity contribution < 1.29 is 20.8 Å². The zero-order valence-corrected chi connectivity index (χ0v) is 54.2. The van der Waals surface area contributed by atoms with Gasteiger partial charge in [0.25, 0.3) is 0 Å². The van der Waals surface area contributed by atoms with Crippen molar-refractivity contribution in [3.63, 3.8) is 0 Å². The number of hydrogen-bond donors (Lipinski definition) is 0. The van der Waals surface area contributed by atoms with E-state index in [1.807, 2.05) is 6.07 Å². The third kappa shape index (κ3) is 13.4. The van der Waals surface area contributed by atoms with Crippen molar-refractivity contribution in [2.24, 2.45) is 0 Å². The molecule has 0 saturated heterocycles. The van der Waals surface area contributed by atoms with Crippen LogP contribution in [0.15, 0.2) is 127 Å². The second-order valence-electron chi connectivity index (χ2n) is 23.1. The smallest absolute Gasteiger partial charge is 0.0920 e. The van der Waals surface area contributed by atoms with Gasteiger partial charge in [-0.25, -0.2) is 0 Å². The fourth-order valence-corrected chi connectivity index (χ4v) is 15.8. The average molecular weight is 1120 g/mol. The number of rotatable bonds is 10. The number of halogens is 2. The summed E-state index contributed by atoms with van der Waals surface area (Å²) in [6.45, 7) is 38.7. The van der Waals surface area contributed by atoms with Crippen molar-refractivity contribution in [1.29, 1.82) is 0 Å². The Morgan fingerprint density at radius 3 is 1.23 bits per heavy atom. The number of fused-ring (bicyclic) bond motifs is 5. The predicted octanol–water partition coefficient (Wildman–Crippen LogP) is 15.4. The molecule has 1 aliphatic heterocycles. The molecule has 0 saturated carbocycles. The molecule has 0 aromatic heterocycles. The van der Waals surface area contributed by atoms with Gasteiger partial charge in [0.05, 0.1) is 41.8 Å². The second kappa shape index (κ2) is 23.5. The van der Waals surface area contributed by atoms with Gasteiger partial charge >= 0.3 is 37.9 Å². The first-order valence-corrected chi connectivity index (χ1v) is 46.9. The van der Waals surface area contributed by atoms with Crippen LogP contribution in [0.25, 0.3) is 54.9 Å². The molecule has 0 unspecified atom stereocenters. The van der Waals surface area contributed by atoms with Crippen LogP contribution in [0.5, 0.6) is 0 Å². The van der Waals surface area contributed by atoms with E-state index >= 15 is 0 Å². The number of aryl methyl sites for hydroxylation is 4. The maximum atomic E-state index is 4.93. The normalized spacial score (nSPS) is 12.3. The van der Waals surface area contributed by atoms with Gasteiger partial charge in [-0.1, -0.05) is 221 Å². The first-order valence-electron chi connectivity index (χ1n) is 25.5. The quantitative estimate of drug-likeness (QED) is 0.0946. The van der Waals surface area contributed by atoms with E-state index in [9.17, 15) is 0 Å². The molecular weight excluding hydrogens is 1050 g/mol. The van der Waals surface area contributed by atoms with E-state index in [2.05, 4.69) is 234 Å². The zero-order chi connectivity index (χ0) is 51.3. The van der Waals surface area contributed by atoms with Crippen molar-refractivity contribution in [2.45, 2.75) is 132 Å². The zero-order valence-electron chi connectivity index (χ0n) is 45.2. The van der Waals surface area contributed by atoms with E-state index < -0.39 is 53.1 Å². The molecular formula is C62H77Cl2Si5Zr-3. The van der Waals surface area contributed by atoms with Crippen LogP contribution >= 0.6 is 17.0 Å². The van der Waals surface area contributed by atoms with Gasteiger partial charge in [0.1, 0.15) is 0 Å². The van der Waals surface area contributed by atoms with Crippen LogP contribution in [0.4, 0.5) is 0 Å². The van der Waals surface area contributed by atoms with Gasteiger partial charge in [0.2, 0.25) is 0 Å². The summed E-state index contributed by atoms with van der Waals surface area (Å²) >= 11 is -0.826. The van der Waals surface area contributed by atoms with Crippen LogP contribution in [0, 0.1) is 6.07 Å². The van der Waals surface area contributed by atoms with E-state index in [-0.39, 0.29) is 0 Å². The third-order valence-corrected chi connectivity index (χ3v) is 23.3. The summed E-state index contributed by atoms with van der Waals surface area (Å²) in [5.41, 5.74) is 14.5. The first-order chi connectivity index (χ1) is 32.9. The van der Waals surface area contributed by atoms with Gasteiger partial charge < -0.3 is 0 Å². The molecule has 8 aromatic rings. The van der Waals surface area contributed by atoms with Crippen LogP contribution in [0.3, 0.4) is 0 Å². The molecule has 8 aromatic carbocycles. The Hall–Kier alpha value is -2.91. The minimum Gasteiger partial charge on any atom is -0.184 e. The third-order valence-electron chi connectivity index (χ3n) is 13.9. The summed E-state index contributed by atoms with van der Waals surface area (Å²) in [6.07, 6.45) is 4.37. The van der Waals surface area contributed by atoms with Crippen molar-refractivity contribution in [2.75, 3.05) is 0 Å². The summed E-state index contributed by atoms with van der Waals surface area (Å²) in [6, 6.07) is 52.3. The Balaban J connectivity index is 0.000000176. The minimum absolute atomic E-state index is 0.795. The Morgan fingerprint density at radius 2 is 0.857 bits per heavy atom. The average Bonchev–Trinajstić information content (AvgIpc) is 4.05.